The second kappa shape index (κ2) is 4.28. The van der Waals surface area contributed by atoms with Gasteiger partial charge in [-0.05, 0) is 56.6 Å². The molecule has 0 radical (unpaired) electrons. The Morgan fingerprint density at radius 3 is 2.54 bits per heavy atom. The van der Waals surface area contributed by atoms with Gasteiger partial charge in [0, 0.05) is 0 Å². The van der Waals surface area contributed by atoms with Gasteiger partial charge in [-0.15, -0.1) is 0 Å². The Morgan fingerprint density at radius 2 is 1.92 bits per heavy atom. The third-order valence-corrected chi connectivity index (χ3v) is 2.30. The van der Waals surface area contributed by atoms with Crippen LogP contribution in [-0.2, 0) is 6.42 Å². The van der Waals surface area contributed by atoms with Crippen molar-refractivity contribution in [2.75, 3.05) is 13.6 Å². The number of hydrogen-bond acceptors (Lipinski definition) is 2. The van der Waals surface area contributed by atoms with E-state index in [2.05, 4.69) is 11.4 Å². The van der Waals surface area contributed by atoms with Gasteiger partial charge in [0.05, 0.1) is 0 Å². The molecule has 0 bridgehead atoms. The molecule has 0 spiro atoms. The zero-order valence-corrected chi connectivity index (χ0v) is 8.52. The summed E-state index contributed by atoms with van der Waals surface area (Å²) >= 11 is 0. The fourth-order valence-electron chi connectivity index (χ4n) is 1.39. The standard InChI is InChI=1S/C11H17NO/c1-8-7-11(13)9(2)6-10(8)4-5-12-3/h6-7,12-13H,4-5H2,1-3H3. The van der Waals surface area contributed by atoms with Crippen LogP contribution in [-0.4, -0.2) is 18.7 Å². The molecule has 0 unspecified atom stereocenters. The lowest BCUT2D eigenvalue weighted by Crippen LogP contribution is -2.11. The van der Waals surface area contributed by atoms with Crippen molar-refractivity contribution in [3.8, 4) is 5.75 Å². The SMILES string of the molecule is CNCCc1cc(C)c(O)cc1C. The van der Waals surface area contributed by atoms with Crippen molar-refractivity contribution in [2.45, 2.75) is 20.3 Å². The Bertz CT molecular complexity index is 294. The first-order valence-corrected chi connectivity index (χ1v) is 4.59. The Balaban J connectivity index is 2.88. The van der Waals surface area contributed by atoms with Crippen molar-refractivity contribution in [1.82, 2.24) is 5.32 Å². The number of nitrogens with one attached hydrogen (secondary N) is 1. The first kappa shape index (κ1) is 10.1. The lowest BCUT2D eigenvalue weighted by molar-refractivity contribution is 0.470. The maximum absolute atomic E-state index is 9.43. The maximum atomic E-state index is 9.43. The van der Waals surface area contributed by atoms with Gasteiger partial charge in [0.2, 0.25) is 0 Å². The van der Waals surface area contributed by atoms with E-state index in [0.717, 1.165) is 18.5 Å². The van der Waals surface area contributed by atoms with Gasteiger partial charge >= 0.3 is 0 Å². The molecule has 0 saturated heterocycles. The lowest BCUT2D eigenvalue weighted by atomic mass is 10.0. The Morgan fingerprint density at radius 1 is 1.23 bits per heavy atom. The summed E-state index contributed by atoms with van der Waals surface area (Å²) in [6.07, 6.45) is 1.02. The zero-order valence-electron chi connectivity index (χ0n) is 8.52. The van der Waals surface area contributed by atoms with Crippen molar-refractivity contribution in [1.29, 1.82) is 0 Å². The second-order valence-electron chi connectivity index (χ2n) is 3.42. The fraction of sp³-hybridized carbons (Fsp3) is 0.455. The zero-order chi connectivity index (χ0) is 9.84. The smallest absolute Gasteiger partial charge is 0.118 e. The predicted molar refractivity (Wildman–Crippen MR) is 55.2 cm³/mol. The van der Waals surface area contributed by atoms with Crippen LogP contribution >= 0.6 is 0 Å². The molecule has 0 aliphatic heterocycles. The van der Waals surface area contributed by atoms with Gasteiger partial charge in [-0.3, -0.25) is 0 Å². The van der Waals surface area contributed by atoms with E-state index in [1.54, 1.807) is 0 Å². The highest BCUT2D eigenvalue weighted by Gasteiger charge is 2.02. The van der Waals surface area contributed by atoms with Gasteiger partial charge in [0.1, 0.15) is 5.75 Å². The van der Waals surface area contributed by atoms with Crippen LogP contribution in [0.2, 0.25) is 0 Å². The van der Waals surface area contributed by atoms with Gasteiger partial charge in [0.25, 0.3) is 0 Å². The van der Waals surface area contributed by atoms with E-state index in [-0.39, 0.29) is 0 Å². The molecular weight excluding hydrogens is 162 g/mol. The summed E-state index contributed by atoms with van der Waals surface area (Å²) in [5.74, 6) is 0.394. The molecule has 0 atom stereocenters. The number of phenols is 1. The molecule has 72 valence electrons. The minimum Gasteiger partial charge on any atom is -0.508 e. The summed E-state index contributed by atoms with van der Waals surface area (Å²) in [6, 6.07) is 3.89. The lowest BCUT2D eigenvalue weighted by Gasteiger charge is -2.08. The van der Waals surface area contributed by atoms with Crippen LogP contribution in [0, 0.1) is 13.8 Å². The number of rotatable bonds is 3. The third kappa shape index (κ3) is 2.46. The van der Waals surface area contributed by atoms with Crippen LogP contribution in [0.3, 0.4) is 0 Å². The Labute approximate surface area is 79.6 Å². The fourth-order valence-corrected chi connectivity index (χ4v) is 1.39. The van der Waals surface area contributed by atoms with E-state index in [4.69, 9.17) is 0 Å². The molecule has 1 aromatic carbocycles. The van der Waals surface area contributed by atoms with Gasteiger partial charge in [-0.2, -0.15) is 0 Å². The number of hydrogen-bond donors (Lipinski definition) is 2. The molecule has 0 aliphatic rings. The highest BCUT2D eigenvalue weighted by Crippen LogP contribution is 2.21. The van der Waals surface area contributed by atoms with Crippen LogP contribution in [0.1, 0.15) is 16.7 Å². The number of aromatic hydroxyl groups is 1. The van der Waals surface area contributed by atoms with Crippen LogP contribution in [0.4, 0.5) is 0 Å². The average molecular weight is 179 g/mol. The van der Waals surface area contributed by atoms with E-state index >= 15 is 0 Å². The van der Waals surface area contributed by atoms with Crippen LogP contribution < -0.4 is 5.32 Å². The summed E-state index contributed by atoms with van der Waals surface area (Å²) in [7, 11) is 1.95. The molecule has 0 aromatic heterocycles. The minimum atomic E-state index is 0.394. The quantitative estimate of drug-likeness (QED) is 0.741. The third-order valence-electron chi connectivity index (χ3n) is 2.30. The molecule has 0 saturated carbocycles. The summed E-state index contributed by atoms with van der Waals surface area (Å²) in [6.45, 7) is 4.94. The van der Waals surface area contributed by atoms with Gasteiger partial charge < -0.3 is 10.4 Å². The first-order chi connectivity index (χ1) is 6.15. The second-order valence-corrected chi connectivity index (χ2v) is 3.42. The number of benzene rings is 1. The molecule has 1 rings (SSSR count). The molecular formula is C11H17NO. The van der Waals surface area contributed by atoms with Crippen molar-refractivity contribution < 1.29 is 5.11 Å². The van der Waals surface area contributed by atoms with Crippen LogP contribution in [0.15, 0.2) is 12.1 Å². The summed E-state index contributed by atoms with van der Waals surface area (Å²) in [5, 5.41) is 12.5. The molecule has 0 aliphatic carbocycles. The van der Waals surface area contributed by atoms with Crippen molar-refractivity contribution >= 4 is 0 Å². The Hall–Kier alpha value is -1.02. The number of likely N-dealkylation sites (N-methyl/N-ethyl adjacent to an activating group) is 1. The maximum Gasteiger partial charge on any atom is 0.118 e. The van der Waals surface area contributed by atoms with E-state index < -0.39 is 0 Å². The molecule has 0 heterocycles. The number of phenolic OH excluding ortho intramolecular Hbond substituents is 1. The van der Waals surface area contributed by atoms with Crippen molar-refractivity contribution in [3.05, 3.63) is 28.8 Å². The molecule has 2 nitrogen and oxygen atoms in total. The molecule has 0 amide bonds. The van der Waals surface area contributed by atoms with E-state index in [9.17, 15) is 5.11 Å². The molecule has 2 heteroatoms. The van der Waals surface area contributed by atoms with E-state index in [0.29, 0.717) is 5.75 Å². The Kier molecular flexibility index (Phi) is 3.32. The summed E-state index contributed by atoms with van der Waals surface area (Å²) in [5.41, 5.74) is 3.43. The normalized spacial score (nSPS) is 10.4. The molecule has 0 fully saturated rings. The van der Waals surface area contributed by atoms with Gasteiger partial charge in [0.15, 0.2) is 0 Å². The number of aryl methyl sites for hydroxylation is 2. The van der Waals surface area contributed by atoms with E-state index in [1.807, 2.05) is 27.0 Å². The first-order valence-electron chi connectivity index (χ1n) is 4.59. The average Bonchev–Trinajstić information content (AvgIpc) is 2.09. The summed E-state index contributed by atoms with van der Waals surface area (Å²) < 4.78 is 0. The highest BCUT2D eigenvalue weighted by atomic mass is 16.3. The topological polar surface area (TPSA) is 32.3 Å². The van der Waals surface area contributed by atoms with E-state index in [1.165, 1.54) is 11.1 Å². The summed E-state index contributed by atoms with van der Waals surface area (Å²) in [4.78, 5) is 0. The minimum absolute atomic E-state index is 0.394. The molecule has 2 N–H and O–H groups in total. The largest absolute Gasteiger partial charge is 0.508 e. The predicted octanol–water partition coefficient (Wildman–Crippen LogP) is 1.77. The molecule has 1 aromatic rings. The van der Waals surface area contributed by atoms with Crippen molar-refractivity contribution in [3.63, 3.8) is 0 Å². The van der Waals surface area contributed by atoms with Crippen LogP contribution in [0.25, 0.3) is 0 Å². The van der Waals surface area contributed by atoms with Crippen LogP contribution in [0.5, 0.6) is 5.75 Å². The highest BCUT2D eigenvalue weighted by molar-refractivity contribution is 5.40. The monoisotopic (exact) mass is 179 g/mol. The van der Waals surface area contributed by atoms with Gasteiger partial charge in [-0.25, -0.2) is 0 Å². The van der Waals surface area contributed by atoms with Crippen molar-refractivity contribution in [2.24, 2.45) is 0 Å². The van der Waals surface area contributed by atoms with Gasteiger partial charge in [-0.1, -0.05) is 6.07 Å². The molecule has 13 heavy (non-hydrogen) atoms.